The number of rotatable bonds is 7. The van der Waals surface area contributed by atoms with Gasteiger partial charge in [0.25, 0.3) is 11.8 Å². The third-order valence-electron chi connectivity index (χ3n) is 7.63. The van der Waals surface area contributed by atoms with Gasteiger partial charge in [-0.05, 0) is 88.7 Å². The van der Waals surface area contributed by atoms with Crippen LogP contribution >= 0.6 is 63.7 Å². The second-order valence-corrected chi connectivity index (χ2v) is 13.0. The lowest BCUT2D eigenvalue weighted by Gasteiger charge is -2.36. The van der Waals surface area contributed by atoms with Crippen molar-refractivity contribution in [2.24, 2.45) is 10.7 Å². The van der Waals surface area contributed by atoms with Crippen LogP contribution in [0.25, 0.3) is 0 Å². The zero-order valence-corrected chi connectivity index (χ0v) is 27.2. The Bertz CT molecular complexity index is 1540. The van der Waals surface area contributed by atoms with Gasteiger partial charge in [-0.25, -0.2) is 9.98 Å². The Labute approximate surface area is 261 Å². The van der Waals surface area contributed by atoms with Crippen LogP contribution in [0, 0.1) is 0 Å². The number of amides is 2. The quantitative estimate of drug-likeness (QED) is 0.179. The molecule has 1 fully saturated rings. The minimum Gasteiger partial charge on any atom is -0.370 e. The molecule has 0 spiro atoms. The first-order chi connectivity index (χ1) is 19.1. The number of ether oxygens (including phenoxy) is 1. The van der Waals surface area contributed by atoms with Crippen molar-refractivity contribution in [3.63, 3.8) is 0 Å². The Hall–Kier alpha value is -2.34. The van der Waals surface area contributed by atoms with Gasteiger partial charge in [-0.2, -0.15) is 0 Å². The second kappa shape index (κ2) is 10.2. The number of halogens is 4. The standard InChI is InChI=1S/C23H24Br4N10O3/c1-40-23-12(13-9(32-21(28)34-13)3-2-4-30-19(38)10-5-7(24)17(26)31-10)15-14(16(23)35-22(29)36-23)33-20(39)11-6-8(25)18(27)37(11)15/h5-6,12,14-16,31H,2-4H2,1H3,(H,30,38)(H,33,39)(H3,28,32,34)(H3,29,35,36). The fraction of sp³-hybridized carbons (Fsp3) is 0.391. The van der Waals surface area contributed by atoms with Crippen molar-refractivity contribution in [3.05, 3.63) is 53.1 Å². The number of aromatic nitrogens is 4. The lowest BCUT2D eigenvalue weighted by Crippen LogP contribution is -2.56. The minimum absolute atomic E-state index is 0.216. The lowest BCUT2D eigenvalue weighted by molar-refractivity contribution is -0.0404. The number of nitrogens with two attached hydrogens (primary N) is 2. The molecule has 5 unspecified atom stereocenters. The van der Waals surface area contributed by atoms with Gasteiger partial charge in [0.1, 0.15) is 17.4 Å². The monoisotopic (exact) mass is 804 g/mol. The number of imidazole rings is 1. The van der Waals surface area contributed by atoms with Crippen LogP contribution in [0.2, 0.25) is 0 Å². The maximum absolute atomic E-state index is 13.1. The van der Waals surface area contributed by atoms with Gasteiger partial charge in [-0.1, -0.05) is 0 Å². The summed E-state index contributed by atoms with van der Waals surface area (Å²) in [6.07, 6.45) is 1.16. The smallest absolute Gasteiger partial charge is 0.268 e. The number of nitrogens with zero attached hydrogens (tertiary/aromatic N) is 3. The highest BCUT2D eigenvalue weighted by atomic mass is 79.9. The number of nitrogens with one attached hydrogen (secondary N) is 5. The molecule has 0 bridgehead atoms. The van der Waals surface area contributed by atoms with Crippen molar-refractivity contribution in [1.29, 1.82) is 0 Å². The largest absolute Gasteiger partial charge is 0.370 e. The topological polar surface area (TPSA) is 193 Å². The number of carbonyl (C=O) groups is 2. The summed E-state index contributed by atoms with van der Waals surface area (Å²) in [5.74, 6) is -0.428. The zero-order valence-electron chi connectivity index (χ0n) is 20.8. The van der Waals surface area contributed by atoms with Crippen molar-refractivity contribution in [3.8, 4) is 0 Å². The molecule has 1 aliphatic carbocycles. The van der Waals surface area contributed by atoms with Crippen molar-refractivity contribution < 1.29 is 14.3 Å². The average Bonchev–Trinajstić information content (AvgIpc) is 3.67. The van der Waals surface area contributed by atoms with Crippen molar-refractivity contribution in [2.45, 2.75) is 42.6 Å². The van der Waals surface area contributed by atoms with Gasteiger partial charge < -0.3 is 46.7 Å². The summed E-state index contributed by atoms with van der Waals surface area (Å²) in [5.41, 5.74) is 13.7. The van der Waals surface area contributed by atoms with E-state index in [0.717, 1.165) is 19.2 Å². The molecule has 1 saturated carbocycles. The Balaban J connectivity index is 1.32. The summed E-state index contributed by atoms with van der Waals surface area (Å²) >= 11 is 13.9. The van der Waals surface area contributed by atoms with E-state index in [1.54, 1.807) is 19.2 Å². The van der Waals surface area contributed by atoms with Crippen LogP contribution in [0.1, 0.15) is 50.7 Å². The molecule has 3 aliphatic rings. The number of hydrogen-bond donors (Lipinski definition) is 7. The number of aromatic amines is 2. The molecule has 0 radical (unpaired) electrons. The summed E-state index contributed by atoms with van der Waals surface area (Å²) in [4.78, 5) is 41.2. The van der Waals surface area contributed by atoms with Gasteiger partial charge in [-0.3, -0.25) is 9.59 Å². The molecule has 3 aromatic rings. The number of anilines is 1. The Morgan fingerprint density at radius 2 is 1.98 bits per heavy atom. The lowest BCUT2D eigenvalue weighted by atomic mass is 9.89. The SMILES string of the molecule is COC12NC(N)=NC1C1NC(=O)c3cc(Br)c(Br)n3C1C2c1nc(N)[nH]c1CCCNC(=O)c1cc(Br)c(Br)[nH]1. The van der Waals surface area contributed by atoms with E-state index < -0.39 is 23.7 Å². The Morgan fingerprint density at radius 1 is 1.20 bits per heavy atom. The molecule has 9 N–H and O–H groups in total. The number of hydrogen-bond acceptors (Lipinski definition) is 8. The van der Waals surface area contributed by atoms with E-state index >= 15 is 0 Å². The predicted octanol–water partition coefficient (Wildman–Crippen LogP) is 2.61. The molecule has 212 valence electrons. The molecule has 2 amide bonds. The first-order valence-corrected chi connectivity index (χ1v) is 15.4. The molecule has 40 heavy (non-hydrogen) atoms. The highest BCUT2D eigenvalue weighted by molar-refractivity contribution is 9.13. The number of aryl methyl sites for hydroxylation is 1. The van der Waals surface area contributed by atoms with Gasteiger partial charge in [0.2, 0.25) is 0 Å². The number of guanidine groups is 1. The fourth-order valence-electron chi connectivity index (χ4n) is 6.09. The van der Waals surface area contributed by atoms with E-state index in [2.05, 4.69) is 94.6 Å². The molecule has 3 aromatic heterocycles. The number of aliphatic imine (C=N–C) groups is 1. The van der Waals surface area contributed by atoms with Crippen LogP contribution < -0.4 is 27.4 Å². The van der Waals surface area contributed by atoms with E-state index in [1.807, 2.05) is 4.57 Å². The van der Waals surface area contributed by atoms with Crippen LogP contribution in [0.15, 0.2) is 35.3 Å². The molecule has 2 aliphatic heterocycles. The fourth-order valence-corrected chi connectivity index (χ4v) is 7.69. The molecule has 0 saturated heterocycles. The summed E-state index contributed by atoms with van der Waals surface area (Å²) < 4.78 is 11.1. The number of fused-ring (bicyclic) bond motifs is 5. The Kier molecular flexibility index (Phi) is 7.08. The van der Waals surface area contributed by atoms with Crippen molar-refractivity contribution in [2.75, 3.05) is 19.4 Å². The average molecular weight is 808 g/mol. The predicted molar refractivity (Wildman–Crippen MR) is 161 cm³/mol. The summed E-state index contributed by atoms with van der Waals surface area (Å²) in [6, 6.07) is 2.17. The third-order valence-corrected chi connectivity index (χ3v) is 11.4. The van der Waals surface area contributed by atoms with E-state index in [-0.39, 0.29) is 29.8 Å². The molecule has 5 heterocycles. The van der Waals surface area contributed by atoms with Crippen molar-refractivity contribution >= 4 is 87.4 Å². The van der Waals surface area contributed by atoms with E-state index in [1.165, 1.54) is 0 Å². The maximum atomic E-state index is 13.1. The highest BCUT2D eigenvalue weighted by Gasteiger charge is 2.68. The first kappa shape index (κ1) is 27.8. The van der Waals surface area contributed by atoms with Crippen LogP contribution in [-0.2, 0) is 11.2 Å². The van der Waals surface area contributed by atoms with Gasteiger partial charge in [0.05, 0.1) is 41.8 Å². The van der Waals surface area contributed by atoms with Gasteiger partial charge in [0, 0.05) is 19.3 Å². The number of H-pyrrole nitrogens is 2. The van der Waals surface area contributed by atoms with Gasteiger partial charge >= 0.3 is 0 Å². The zero-order chi connectivity index (χ0) is 28.5. The molecule has 0 aromatic carbocycles. The molecule has 6 rings (SSSR count). The first-order valence-electron chi connectivity index (χ1n) is 12.3. The van der Waals surface area contributed by atoms with E-state index in [0.29, 0.717) is 41.1 Å². The normalized spacial score (nSPS) is 26.5. The summed E-state index contributed by atoms with van der Waals surface area (Å²) in [7, 11) is 1.59. The van der Waals surface area contributed by atoms with Crippen LogP contribution in [-0.4, -0.2) is 68.8 Å². The molecule has 5 atom stereocenters. The van der Waals surface area contributed by atoms with Crippen LogP contribution in [0.4, 0.5) is 5.95 Å². The maximum Gasteiger partial charge on any atom is 0.268 e. The van der Waals surface area contributed by atoms with E-state index in [9.17, 15) is 9.59 Å². The number of nitrogen functional groups attached to an aromatic ring is 1. The summed E-state index contributed by atoms with van der Waals surface area (Å²) in [5, 5.41) is 9.31. The van der Waals surface area contributed by atoms with Gasteiger partial charge in [0.15, 0.2) is 17.6 Å². The van der Waals surface area contributed by atoms with Crippen LogP contribution in [0.3, 0.4) is 0 Å². The molecular weight excluding hydrogens is 784 g/mol. The number of carbonyl (C=O) groups excluding carboxylic acids is 2. The third kappa shape index (κ3) is 4.23. The minimum atomic E-state index is -1.09. The highest BCUT2D eigenvalue weighted by Crippen LogP contribution is 2.56. The van der Waals surface area contributed by atoms with E-state index in [4.69, 9.17) is 21.2 Å². The van der Waals surface area contributed by atoms with Crippen LogP contribution in [0.5, 0.6) is 0 Å². The molecular formula is C23H24Br4N10O3. The van der Waals surface area contributed by atoms with Gasteiger partial charge in [-0.15, -0.1) is 0 Å². The number of methoxy groups -OCH3 is 1. The second-order valence-electron chi connectivity index (χ2n) is 9.78. The summed E-state index contributed by atoms with van der Waals surface area (Å²) in [6.45, 7) is 0.421. The molecule has 13 nitrogen and oxygen atoms in total. The Morgan fingerprint density at radius 3 is 2.67 bits per heavy atom. The molecule has 17 heteroatoms. The van der Waals surface area contributed by atoms with Crippen molar-refractivity contribution in [1.82, 2.24) is 35.5 Å².